The molecular weight excluding hydrogens is 230 g/mol. The average molecular weight is 243 g/mol. The molecule has 2 aromatic rings. The molecule has 92 valence electrons. The monoisotopic (exact) mass is 243 g/mol. The van der Waals surface area contributed by atoms with Crippen molar-refractivity contribution in [3.8, 4) is 0 Å². The summed E-state index contributed by atoms with van der Waals surface area (Å²) in [6.07, 6.45) is 2.49. The fourth-order valence-corrected chi connectivity index (χ4v) is 2.24. The second-order valence-corrected chi connectivity index (χ2v) is 4.53. The van der Waals surface area contributed by atoms with Crippen molar-refractivity contribution in [3.63, 3.8) is 0 Å². The fourth-order valence-electron chi connectivity index (χ4n) is 2.24. The third kappa shape index (κ3) is 1.99. The molecule has 2 heterocycles. The van der Waals surface area contributed by atoms with Gasteiger partial charge in [0.1, 0.15) is 0 Å². The van der Waals surface area contributed by atoms with Crippen molar-refractivity contribution in [2.24, 2.45) is 0 Å². The van der Waals surface area contributed by atoms with Crippen molar-refractivity contribution in [2.45, 2.75) is 12.8 Å². The number of ketones is 1. The Morgan fingerprint density at radius 1 is 1.33 bits per heavy atom. The molecule has 1 aliphatic heterocycles. The number of aromatic amines is 1. The molecule has 0 saturated carbocycles. The van der Waals surface area contributed by atoms with Crippen LogP contribution in [0.2, 0.25) is 0 Å². The number of rotatable bonds is 3. The molecule has 5 nitrogen and oxygen atoms in total. The molecule has 18 heavy (non-hydrogen) atoms. The number of nitrogens with one attached hydrogen (secondary N) is 1. The van der Waals surface area contributed by atoms with Gasteiger partial charge in [-0.05, 0) is 24.1 Å². The van der Waals surface area contributed by atoms with Crippen LogP contribution in [0, 0.1) is 0 Å². The summed E-state index contributed by atoms with van der Waals surface area (Å²) in [4.78, 5) is 31.4. The van der Waals surface area contributed by atoms with Crippen LogP contribution < -0.4 is 0 Å². The van der Waals surface area contributed by atoms with Crippen LogP contribution in [-0.2, 0) is 16.0 Å². The van der Waals surface area contributed by atoms with Gasteiger partial charge in [0.2, 0.25) is 5.91 Å². The number of carbonyl (C=O) groups is 2. The van der Waals surface area contributed by atoms with E-state index in [1.165, 1.54) is 0 Å². The van der Waals surface area contributed by atoms with Crippen molar-refractivity contribution in [1.29, 1.82) is 0 Å². The van der Waals surface area contributed by atoms with Crippen LogP contribution >= 0.6 is 0 Å². The zero-order chi connectivity index (χ0) is 12.5. The molecule has 0 unspecified atom stereocenters. The first kappa shape index (κ1) is 11.0. The first-order chi connectivity index (χ1) is 8.72. The van der Waals surface area contributed by atoms with E-state index in [9.17, 15) is 9.59 Å². The largest absolute Gasteiger partial charge is 0.345 e. The smallest absolute Gasteiger partial charge is 0.230 e. The molecule has 5 heteroatoms. The maximum atomic E-state index is 11.5. The molecule has 0 bridgehead atoms. The van der Waals surface area contributed by atoms with E-state index in [1.807, 2.05) is 18.2 Å². The van der Waals surface area contributed by atoms with E-state index in [0.717, 1.165) is 23.0 Å². The second kappa shape index (κ2) is 4.25. The number of hydrogen-bond donors (Lipinski definition) is 1. The number of fused-ring (bicyclic) bond motifs is 1. The van der Waals surface area contributed by atoms with E-state index in [1.54, 1.807) is 11.2 Å². The number of likely N-dealkylation sites (tertiary alicyclic amines) is 1. The lowest BCUT2D eigenvalue weighted by Crippen LogP contribution is -2.27. The van der Waals surface area contributed by atoms with Gasteiger partial charge in [-0.1, -0.05) is 6.07 Å². The van der Waals surface area contributed by atoms with E-state index < -0.39 is 0 Å². The highest BCUT2D eigenvalue weighted by Crippen LogP contribution is 2.13. The van der Waals surface area contributed by atoms with Crippen molar-refractivity contribution >= 4 is 22.7 Å². The minimum atomic E-state index is -0.0531. The highest BCUT2D eigenvalue weighted by atomic mass is 16.2. The van der Waals surface area contributed by atoms with Gasteiger partial charge in [0.05, 0.1) is 30.3 Å². The molecular formula is C13H13N3O2. The summed E-state index contributed by atoms with van der Waals surface area (Å²) in [6.45, 7) is 0.870. The van der Waals surface area contributed by atoms with Crippen LogP contribution in [-0.4, -0.2) is 39.6 Å². The lowest BCUT2D eigenvalue weighted by molar-refractivity contribution is -0.127. The van der Waals surface area contributed by atoms with E-state index in [0.29, 0.717) is 6.54 Å². The maximum Gasteiger partial charge on any atom is 0.230 e. The van der Waals surface area contributed by atoms with E-state index in [4.69, 9.17) is 0 Å². The van der Waals surface area contributed by atoms with Crippen LogP contribution in [0.15, 0.2) is 24.5 Å². The first-order valence-corrected chi connectivity index (χ1v) is 5.94. The number of hydrogen-bond acceptors (Lipinski definition) is 3. The number of imidazole rings is 1. The van der Waals surface area contributed by atoms with Crippen molar-refractivity contribution in [1.82, 2.24) is 14.9 Å². The topological polar surface area (TPSA) is 66.1 Å². The normalized spacial score (nSPS) is 15.9. The summed E-state index contributed by atoms with van der Waals surface area (Å²) in [5.74, 6) is -0.0355. The molecule has 1 amide bonds. The summed E-state index contributed by atoms with van der Waals surface area (Å²) < 4.78 is 0. The van der Waals surface area contributed by atoms with Gasteiger partial charge >= 0.3 is 0 Å². The standard InChI is InChI=1S/C13H13N3O2/c17-10-6-13(18)16(7-10)4-3-9-1-2-11-12(5-9)15-8-14-11/h1-2,5,8H,3-4,6-7H2,(H,14,15). The predicted octanol–water partition coefficient (Wildman–Crippen LogP) is 0.907. The molecule has 1 aromatic heterocycles. The molecule has 1 N–H and O–H groups in total. The van der Waals surface area contributed by atoms with Crippen LogP contribution in [0.1, 0.15) is 12.0 Å². The van der Waals surface area contributed by atoms with Crippen molar-refractivity contribution in [3.05, 3.63) is 30.1 Å². The Labute approximate surface area is 104 Å². The van der Waals surface area contributed by atoms with Gasteiger partial charge < -0.3 is 9.88 Å². The lowest BCUT2D eigenvalue weighted by atomic mass is 10.1. The van der Waals surface area contributed by atoms with E-state index in [2.05, 4.69) is 9.97 Å². The quantitative estimate of drug-likeness (QED) is 0.815. The summed E-state index contributed by atoms with van der Waals surface area (Å²) in [5, 5.41) is 0. The van der Waals surface area contributed by atoms with Gasteiger partial charge in [-0.2, -0.15) is 0 Å². The van der Waals surface area contributed by atoms with Crippen LogP contribution in [0.3, 0.4) is 0 Å². The van der Waals surface area contributed by atoms with E-state index in [-0.39, 0.29) is 24.7 Å². The average Bonchev–Trinajstić information content (AvgIpc) is 2.92. The predicted molar refractivity (Wildman–Crippen MR) is 66.0 cm³/mol. The van der Waals surface area contributed by atoms with E-state index >= 15 is 0 Å². The number of Topliss-reactive ketones (excluding diaryl/α,β-unsaturated/α-hetero) is 1. The van der Waals surface area contributed by atoms with Crippen molar-refractivity contribution in [2.75, 3.05) is 13.1 Å². The Bertz CT molecular complexity index is 617. The van der Waals surface area contributed by atoms with Gasteiger partial charge in [0.25, 0.3) is 0 Å². The zero-order valence-corrected chi connectivity index (χ0v) is 9.85. The number of aromatic nitrogens is 2. The Balaban J connectivity index is 1.69. The number of benzene rings is 1. The minimum Gasteiger partial charge on any atom is -0.345 e. The van der Waals surface area contributed by atoms with Crippen LogP contribution in [0.25, 0.3) is 11.0 Å². The van der Waals surface area contributed by atoms with Gasteiger partial charge in [-0.3, -0.25) is 9.59 Å². The van der Waals surface area contributed by atoms with Gasteiger partial charge in [-0.15, -0.1) is 0 Å². The molecule has 3 rings (SSSR count). The maximum absolute atomic E-state index is 11.5. The van der Waals surface area contributed by atoms with Crippen molar-refractivity contribution < 1.29 is 9.59 Å². The molecule has 0 atom stereocenters. The lowest BCUT2D eigenvalue weighted by Gasteiger charge is -2.14. The molecule has 1 aromatic carbocycles. The fraction of sp³-hybridized carbons (Fsp3) is 0.308. The number of amides is 1. The highest BCUT2D eigenvalue weighted by molar-refractivity contribution is 6.05. The number of H-pyrrole nitrogens is 1. The Kier molecular flexibility index (Phi) is 2.59. The van der Waals surface area contributed by atoms with Crippen LogP contribution in [0.5, 0.6) is 0 Å². The number of nitrogens with zero attached hydrogens (tertiary/aromatic N) is 2. The highest BCUT2D eigenvalue weighted by Gasteiger charge is 2.26. The molecule has 0 radical (unpaired) electrons. The first-order valence-electron chi connectivity index (χ1n) is 5.94. The zero-order valence-electron chi connectivity index (χ0n) is 9.85. The molecule has 1 aliphatic rings. The Morgan fingerprint density at radius 2 is 2.22 bits per heavy atom. The Morgan fingerprint density at radius 3 is 3.00 bits per heavy atom. The third-order valence-corrected chi connectivity index (χ3v) is 3.22. The minimum absolute atomic E-state index is 0.0176. The van der Waals surface area contributed by atoms with Gasteiger partial charge in [0, 0.05) is 6.54 Å². The van der Waals surface area contributed by atoms with Gasteiger partial charge in [-0.25, -0.2) is 4.98 Å². The second-order valence-electron chi connectivity index (χ2n) is 4.53. The Hall–Kier alpha value is -2.17. The third-order valence-electron chi connectivity index (χ3n) is 3.22. The summed E-state index contributed by atoms with van der Waals surface area (Å²) in [5.41, 5.74) is 3.07. The SMILES string of the molecule is O=C1CC(=O)N(CCc2ccc3nc[nH]c3c2)C1. The van der Waals surface area contributed by atoms with Crippen LogP contribution in [0.4, 0.5) is 0 Å². The molecule has 0 spiro atoms. The summed E-state index contributed by atoms with van der Waals surface area (Å²) >= 11 is 0. The molecule has 1 saturated heterocycles. The summed E-state index contributed by atoms with van der Waals surface area (Å²) in [6, 6.07) is 5.99. The van der Waals surface area contributed by atoms with Gasteiger partial charge in [0.15, 0.2) is 5.78 Å². The number of carbonyl (C=O) groups excluding carboxylic acids is 2. The molecule has 0 aliphatic carbocycles. The summed E-state index contributed by atoms with van der Waals surface area (Å²) in [7, 11) is 0. The molecule has 1 fully saturated rings.